The second-order valence-electron chi connectivity index (χ2n) is 4.07. The van der Waals surface area contributed by atoms with Gasteiger partial charge in [-0.25, -0.2) is 0 Å². The van der Waals surface area contributed by atoms with Gasteiger partial charge in [-0.3, -0.25) is 4.79 Å². The number of carboxylic acids is 1. The number of nitrogens with one attached hydrogen (secondary N) is 1. The number of carboxylic acid groups (broad SMARTS) is 1. The van der Waals surface area contributed by atoms with E-state index in [9.17, 15) is 4.79 Å². The fourth-order valence-corrected chi connectivity index (χ4v) is 1.25. The van der Waals surface area contributed by atoms with E-state index >= 15 is 0 Å². The highest BCUT2D eigenvalue weighted by atomic mass is 16.4. The van der Waals surface area contributed by atoms with Gasteiger partial charge in [0.15, 0.2) is 0 Å². The van der Waals surface area contributed by atoms with E-state index in [-0.39, 0.29) is 0 Å². The van der Waals surface area contributed by atoms with Gasteiger partial charge in [0, 0.05) is 19.6 Å². The summed E-state index contributed by atoms with van der Waals surface area (Å²) >= 11 is 0. The van der Waals surface area contributed by atoms with Crippen molar-refractivity contribution in [3.8, 4) is 0 Å². The Kier molecular flexibility index (Phi) is 3.27. The fraction of sp³-hybridized carbons (Fsp3) is 0.889. The van der Waals surface area contributed by atoms with E-state index in [2.05, 4.69) is 10.2 Å². The van der Waals surface area contributed by atoms with Crippen molar-refractivity contribution < 1.29 is 9.90 Å². The number of carbonyl (C=O) groups is 1. The number of likely N-dealkylation sites (N-methyl/N-ethyl adjacent to an activating group) is 1. The molecule has 0 aromatic rings. The molecule has 2 N–H and O–H groups in total. The smallest absolute Gasteiger partial charge is 0.310 e. The molecular formula is C9H18N2O2. The minimum Gasteiger partial charge on any atom is -0.481 e. The predicted molar refractivity (Wildman–Crippen MR) is 50.7 cm³/mol. The summed E-state index contributed by atoms with van der Waals surface area (Å²) in [6, 6.07) is 0. The Hall–Kier alpha value is -0.610. The van der Waals surface area contributed by atoms with E-state index in [1.807, 2.05) is 14.1 Å². The molecule has 1 aliphatic rings. The molecule has 0 aromatic carbocycles. The normalized spacial score (nSPS) is 19.0. The van der Waals surface area contributed by atoms with Gasteiger partial charge in [-0.15, -0.1) is 0 Å². The Bertz CT molecular complexity index is 188. The Morgan fingerprint density at radius 2 is 2.15 bits per heavy atom. The molecule has 1 rings (SSSR count). The third-order valence-electron chi connectivity index (χ3n) is 2.51. The maximum absolute atomic E-state index is 10.8. The number of rotatable bonds is 6. The lowest BCUT2D eigenvalue weighted by Gasteiger charge is -2.13. The van der Waals surface area contributed by atoms with E-state index in [1.165, 1.54) is 0 Å². The summed E-state index contributed by atoms with van der Waals surface area (Å²) in [4.78, 5) is 12.8. The van der Waals surface area contributed by atoms with E-state index in [0.29, 0.717) is 6.54 Å². The molecule has 0 aromatic heterocycles. The van der Waals surface area contributed by atoms with Crippen LogP contribution in [0.5, 0.6) is 0 Å². The topological polar surface area (TPSA) is 52.6 Å². The van der Waals surface area contributed by atoms with Gasteiger partial charge in [0.2, 0.25) is 0 Å². The average Bonchev–Trinajstić information content (AvgIpc) is 2.78. The molecular weight excluding hydrogens is 168 g/mol. The minimum atomic E-state index is -0.648. The zero-order valence-corrected chi connectivity index (χ0v) is 8.34. The maximum Gasteiger partial charge on any atom is 0.310 e. The molecule has 0 atom stereocenters. The Balaban J connectivity index is 2.09. The van der Waals surface area contributed by atoms with Gasteiger partial charge in [-0.05, 0) is 26.9 Å². The summed E-state index contributed by atoms with van der Waals surface area (Å²) in [7, 11) is 4.01. The molecule has 76 valence electrons. The van der Waals surface area contributed by atoms with Crippen molar-refractivity contribution in [3.05, 3.63) is 0 Å². The van der Waals surface area contributed by atoms with Gasteiger partial charge in [0.25, 0.3) is 0 Å². The number of hydrogen-bond acceptors (Lipinski definition) is 3. The first-order chi connectivity index (χ1) is 6.07. The molecule has 4 nitrogen and oxygen atoms in total. The van der Waals surface area contributed by atoms with Crippen LogP contribution in [0.2, 0.25) is 0 Å². The number of nitrogens with zero attached hydrogens (tertiary/aromatic N) is 1. The van der Waals surface area contributed by atoms with E-state index in [0.717, 1.165) is 25.9 Å². The summed E-state index contributed by atoms with van der Waals surface area (Å²) in [6.07, 6.45) is 1.66. The van der Waals surface area contributed by atoms with Crippen molar-refractivity contribution in [2.45, 2.75) is 12.8 Å². The molecule has 0 saturated heterocycles. The van der Waals surface area contributed by atoms with E-state index in [1.54, 1.807) is 0 Å². The first-order valence-corrected chi connectivity index (χ1v) is 4.66. The highest BCUT2D eigenvalue weighted by Crippen LogP contribution is 2.45. The minimum absolute atomic E-state index is 0.424. The van der Waals surface area contributed by atoms with Crippen molar-refractivity contribution in [1.82, 2.24) is 10.2 Å². The molecule has 0 heterocycles. The van der Waals surface area contributed by atoms with Crippen LogP contribution in [-0.4, -0.2) is 49.7 Å². The van der Waals surface area contributed by atoms with Crippen molar-refractivity contribution in [3.63, 3.8) is 0 Å². The molecule has 1 fully saturated rings. The molecule has 13 heavy (non-hydrogen) atoms. The lowest BCUT2D eigenvalue weighted by atomic mass is 10.1. The van der Waals surface area contributed by atoms with Crippen LogP contribution >= 0.6 is 0 Å². The molecule has 4 heteroatoms. The SMILES string of the molecule is CN(C)CCNCC1(C(=O)O)CC1. The van der Waals surface area contributed by atoms with Gasteiger partial charge in [-0.2, -0.15) is 0 Å². The summed E-state index contributed by atoms with van der Waals surface area (Å²) < 4.78 is 0. The van der Waals surface area contributed by atoms with Crippen LogP contribution in [0.15, 0.2) is 0 Å². The largest absolute Gasteiger partial charge is 0.481 e. The quantitative estimate of drug-likeness (QED) is 0.573. The van der Waals surface area contributed by atoms with Crippen LogP contribution < -0.4 is 5.32 Å². The molecule has 0 amide bonds. The van der Waals surface area contributed by atoms with Gasteiger partial charge in [0.1, 0.15) is 0 Å². The predicted octanol–water partition coefficient (Wildman–Crippen LogP) is 0.00240. The van der Waals surface area contributed by atoms with E-state index < -0.39 is 11.4 Å². The Morgan fingerprint density at radius 3 is 2.54 bits per heavy atom. The third kappa shape index (κ3) is 2.97. The van der Waals surface area contributed by atoms with Crippen molar-refractivity contribution in [2.24, 2.45) is 5.41 Å². The summed E-state index contributed by atoms with van der Waals surface area (Å²) in [5, 5.41) is 12.0. The van der Waals surface area contributed by atoms with Crippen LogP contribution in [0.4, 0.5) is 0 Å². The van der Waals surface area contributed by atoms with Gasteiger partial charge < -0.3 is 15.3 Å². The summed E-state index contributed by atoms with van der Waals surface area (Å²) in [5.74, 6) is -0.648. The van der Waals surface area contributed by atoms with Gasteiger partial charge in [-0.1, -0.05) is 0 Å². The van der Waals surface area contributed by atoms with Crippen LogP contribution in [-0.2, 0) is 4.79 Å². The van der Waals surface area contributed by atoms with Crippen molar-refractivity contribution in [2.75, 3.05) is 33.7 Å². The van der Waals surface area contributed by atoms with Crippen LogP contribution in [0.25, 0.3) is 0 Å². The number of hydrogen-bond donors (Lipinski definition) is 2. The molecule has 1 aliphatic carbocycles. The molecule has 0 bridgehead atoms. The van der Waals surface area contributed by atoms with E-state index in [4.69, 9.17) is 5.11 Å². The van der Waals surface area contributed by atoms with Crippen molar-refractivity contribution >= 4 is 5.97 Å². The maximum atomic E-state index is 10.8. The van der Waals surface area contributed by atoms with Gasteiger partial charge in [0.05, 0.1) is 5.41 Å². The lowest BCUT2D eigenvalue weighted by Crippen LogP contribution is -2.34. The van der Waals surface area contributed by atoms with Crippen molar-refractivity contribution in [1.29, 1.82) is 0 Å². The second kappa shape index (κ2) is 4.07. The fourth-order valence-electron chi connectivity index (χ4n) is 1.25. The van der Waals surface area contributed by atoms with Crippen LogP contribution in [0, 0.1) is 5.41 Å². The molecule has 0 aliphatic heterocycles. The standard InChI is InChI=1S/C9H18N2O2/c1-11(2)6-5-10-7-9(3-4-9)8(12)13/h10H,3-7H2,1-2H3,(H,12,13). The third-order valence-corrected chi connectivity index (χ3v) is 2.51. The monoisotopic (exact) mass is 186 g/mol. The molecule has 0 spiro atoms. The van der Waals surface area contributed by atoms with Gasteiger partial charge >= 0.3 is 5.97 Å². The first-order valence-electron chi connectivity index (χ1n) is 4.66. The zero-order chi connectivity index (χ0) is 9.90. The number of aliphatic carboxylic acids is 1. The second-order valence-corrected chi connectivity index (χ2v) is 4.07. The average molecular weight is 186 g/mol. The lowest BCUT2D eigenvalue weighted by molar-refractivity contribution is -0.143. The Labute approximate surface area is 78.9 Å². The Morgan fingerprint density at radius 1 is 1.54 bits per heavy atom. The molecule has 0 radical (unpaired) electrons. The summed E-state index contributed by atoms with van der Waals surface area (Å²) in [5.41, 5.74) is -0.424. The summed E-state index contributed by atoms with van der Waals surface area (Å²) in [6.45, 7) is 2.44. The van der Waals surface area contributed by atoms with Crippen LogP contribution in [0.3, 0.4) is 0 Å². The highest BCUT2D eigenvalue weighted by molar-refractivity contribution is 5.78. The van der Waals surface area contributed by atoms with Crippen LogP contribution in [0.1, 0.15) is 12.8 Å². The molecule has 1 saturated carbocycles. The first kappa shape index (κ1) is 10.5. The molecule has 0 unspecified atom stereocenters. The zero-order valence-electron chi connectivity index (χ0n) is 8.34. The highest BCUT2D eigenvalue weighted by Gasteiger charge is 2.49.